The van der Waals surface area contributed by atoms with E-state index in [4.69, 9.17) is 0 Å². The molecule has 3 amide bonds. The Hall–Kier alpha value is -2.44. The summed E-state index contributed by atoms with van der Waals surface area (Å²) in [5.41, 5.74) is 0.924. The summed E-state index contributed by atoms with van der Waals surface area (Å²) in [6.07, 6.45) is 8.61. The fourth-order valence-corrected chi connectivity index (χ4v) is 4.65. The van der Waals surface area contributed by atoms with Crippen LogP contribution in [0.2, 0.25) is 0 Å². The van der Waals surface area contributed by atoms with Crippen molar-refractivity contribution in [2.45, 2.75) is 32.9 Å². The van der Waals surface area contributed by atoms with Gasteiger partial charge in [0.1, 0.15) is 6.54 Å². The summed E-state index contributed by atoms with van der Waals surface area (Å²) in [6, 6.07) is -0.0344. The summed E-state index contributed by atoms with van der Waals surface area (Å²) in [7, 11) is 1.83. The quantitative estimate of drug-likeness (QED) is 0.582. The Labute approximate surface area is 152 Å². The van der Waals surface area contributed by atoms with E-state index < -0.39 is 0 Å². The van der Waals surface area contributed by atoms with Crippen LogP contribution in [0, 0.1) is 23.7 Å². The van der Waals surface area contributed by atoms with Gasteiger partial charge in [-0.3, -0.25) is 24.0 Å². The molecule has 1 aromatic rings. The normalized spacial score (nSPS) is 29.2. The third kappa shape index (κ3) is 2.57. The van der Waals surface area contributed by atoms with Gasteiger partial charge in [0.15, 0.2) is 0 Å². The van der Waals surface area contributed by atoms with E-state index in [0.717, 1.165) is 12.0 Å². The monoisotopic (exact) mass is 356 g/mol. The highest BCUT2D eigenvalue weighted by atomic mass is 16.2. The fourth-order valence-electron chi connectivity index (χ4n) is 4.65. The Morgan fingerprint density at radius 1 is 1.23 bits per heavy atom. The highest BCUT2D eigenvalue weighted by Gasteiger charge is 2.59. The van der Waals surface area contributed by atoms with Crippen LogP contribution >= 0.6 is 0 Å². The maximum atomic E-state index is 12.9. The molecule has 0 radical (unpaired) electrons. The molecule has 3 aliphatic rings. The van der Waals surface area contributed by atoms with Crippen LogP contribution in [-0.2, 0) is 28.0 Å². The molecule has 0 spiro atoms. The van der Waals surface area contributed by atoms with Crippen LogP contribution in [0.15, 0.2) is 24.5 Å². The number of hydrogen-bond donors (Lipinski definition) is 0. The van der Waals surface area contributed by atoms with Gasteiger partial charge in [0.25, 0.3) is 0 Å². The molecule has 138 valence electrons. The number of amides is 3. The number of aromatic nitrogens is 2. The Balaban J connectivity index is 1.48. The number of fused-ring (bicyclic) bond motifs is 5. The second-order valence-electron chi connectivity index (χ2n) is 7.90. The largest absolute Gasteiger partial charge is 0.334 e. The second kappa shape index (κ2) is 6.07. The minimum atomic E-state index is -0.254. The summed E-state index contributed by atoms with van der Waals surface area (Å²) in [5, 5.41) is 4.13. The fraction of sp³-hybridized carbons (Fsp3) is 0.579. The minimum absolute atomic E-state index is 0.0344. The maximum absolute atomic E-state index is 12.9. The number of allylic oxidation sites excluding steroid dienone is 2. The van der Waals surface area contributed by atoms with Crippen LogP contribution in [-0.4, -0.2) is 49.9 Å². The lowest BCUT2D eigenvalue weighted by Crippen LogP contribution is -2.45. The molecule has 26 heavy (non-hydrogen) atoms. The van der Waals surface area contributed by atoms with Gasteiger partial charge < -0.3 is 4.90 Å². The first-order valence-electron chi connectivity index (χ1n) is 9.17. The molecule has 1 saturated heterocycles. The average molecular weight is 356 g/mol. The van der Waals surface area contributed by atoms with Crippen molar-refractivity contribution in [1.29, 1.82) is 0 Å². The molecule has 4 rings (SSSR count). The van der Waals surface area contributed by atoms with Gasteiger partial charge in [0.05, 0.1) is 18.0 Å². The molecule has 1 saturated carbocycles. The molecule has 0 N–H and O–H groups in total. The van der Waals surface area contributed by atoms with Gasteiger partial charge in [-0.2, -0.15) is 5.10 Å². The minimum Gasteiger partial charge on any atom is -0.334 e. The number of hydrogen-bond acceptors (Lipinski definition) is 4. The molecule has 2 bridgehead atoms. The smallest absolute Gasteiger partial charge is 0.243 e. The van der Waals surface area contributed by atoms with E-state index in [1.54, 1.807) is 15.8 Å². The molecule has 1 aliphatic heterocycles. The molecule has 1 aromatic heterocycles. The first kappa shape index (κ1) is 17.0. The van der Waals surface area contributed by atoms with E-state index in [-0.39, 0.29) is 54.0 Å². The standard InChI is InChI=1S/C19H24N4O3/c1-11(2)22(9-12-7-20-21(3)8-12)15(24)10-23-18(25)16-13-4-5-14(6-13)17(16)19(23)26/h4-5,7-8,11,13-14,16-17H,6,9-10H2,1-3H3. The molecule has 2 heterocycles. The van der Waals surface area contributed by atoms with Gasteiger partial charge in [-0.25, -0.2) is 0 Å². The average Bonchev–Trinajstić information content (AvgIpc) is 3.34. The summed E-state index contributed by atoms with van der Waals surface area (Å²) >= 11 is 0. The van der Waals surface area contributed by atoms with Gasteiger partial charge in [-0.15, -0.1) is 0 Å². The predicted molar refractivity (Wildman–Crippen MR) is 93.3 cm³/mol. The zero-order chi connectivity index (χ0) is 18.6. The van der Waals surface area contributed by atoms with Crippen molar-refractivity contribution in [3.05, 3.63) is 30.1 Å². The molecule has 2 aliphatic carbocycles. The zero-order valence-electron chi connectivity index (χ0n) is 15.3. The van der Waals surface area contributed by atoms with Crippen molar-refractivity contribution in [1.82, 2.24) is 19.6 Å². The van der Waals surface area contributed by atoms with E-state index in [2.05, 4.69) is 17.3 Å². The van der Waals surface area contributed by atoms with Gasteiger partial charge in [0.2, 0.25) is 17.7 Å². The second-order valence-corrected chi connectivity index (χ2v) is 7.90. The molecule has 0 aromatic carbocycles. The number of likely N-dealkylation sites (tertiary alicyclic amines) is 1. The topological polar surface area (TPSA) is 75.5 Å². The number of carbonyl (C=O) groups excluding carboxylic acids is 3. The van der Waals surface area contributed by atoms with Crippen molar-refractivity contribution in [3.8, 4) is 0 Å². The van der Waals surface area contributed by atoms with Crippen molar-refractivity contribution < 1.29 is 14.4 Å². The van der Waals surface area contributed by atoms with Crippen molar-refractivity contribution in [3.63, 3.8) is 0 Å². The Bertz CT molecular complexity index is 766. The van der Waals surface area contributed by atoms with Crippen LogP contribution < -0.4 is 0 Å². The number of carbonyl (C=O) groups is 3. The van der Waals surface area contributed by atoms with Gasteiger partial charge in [0, 0.05) is 31.4 Å². The van der Waals surface area contributed by atoms with Crippen LogP contribution in [0.25, 0.3) is 0 Å². The van der Waals surface area contributed by atoms with E-state index in [0.29, 0.717) is 6.54 Å². The van der Waals surface area contributed by atoms with E-state index >= 15 is 0 Å². The Kier molecular flexibility index (Phi) is 3.97. The van der Waals surface area contributed by atoms with Gasteiger partial charge >= 0.3 is 0 Å². The number of aryl methyl sites for hydroxylation is 1. The third-order valence-corrected chi connectivity index (χ3v) is 5.91. The molecule has 4 atom stereocenters. The van der Waals surface area contributed by atoms with Crippen LogP contribution in [0.4, 0.5) is 0 Å². The number of rotatable bonds is 5. The summed E-state index contributed by atoms with van der Waals surface area (Å²) in [4.78, 5) is 41.3. The lowest BCUT2D eigenvalue weighted by molar-refractivity contribution is -0.148. The molecule has 7 nitrogen and oxygen atoms in total. The Morgan fingerprint density at radius 3 is 2.35 bits per heavy atom. The Morgan fingerprint density at radius 2 is 1.85 bits per heavy atom. The maximum Gasteiger partial charge on any atom is 0.243 e. The first-order valence-corrected chi connectivity index (χ1v) is 9.17. The predicted octanol–water partition coefficient (Wildman–Crippen LogP) is 0.964. The van der Waals surface area contributed by atoms with Gasteiger partial charge in [-0.1, -0.05) is 12.2 Å². The van der Waals surface area contributed by atoms with E-state index in [1.807, 2.05) is 27.1 Å². The SMILES string of the molecule is CC(C)N(Cc1cnn(C)c1)C(=O)CN1C(=O)C2C3C=CC(C3)C2C1=O. The van der Waals surface area contributed by atoms with Crippen LogP contribution in [0.3, 0.4) is 0 Å². The molecule has 7 heteroatoms. The highest BCUT2D eigenvalue weighted by molar-refractivity contribution is 6.08. The molecule has 2 fully saturated rings. The molecular formula is C19H24N4O3. The van der Waals surface area contributed by atoms with Crippen molar-refractivity contribution >= 4 is 17.7 Å². The van der Waals surface area contributed by atoms with Crippen molar-refractivity contribution in [2.75, 3.05) is 6.54 Å². The van der Waals surface area contributed by atoms with Gasteiger partial charge in [-0.05, 0) is 32.1 Å². The summed E-state index contributed by atoms with van der Waals surface area (Å²) in [5.74, 6) is -0.722. The van der Waals surface area contributed by atoms with E-state index in [1.165, 1.54) is 4.90 Å². The lowest BCUT2D eigenvalue weighted by atomic mass is 9.85. The summed E-state index contributed by atoms with van der Waals surface area (Å²) < 4.78 is 1.69. The highest BCUT2D eigenvalue weighted by Crippen LogP contribution is 2.52. The lowest BCUT2D eigenvalue weighted by Gasteiger charge is -2.28. The van der Waals surface area contributed by atoms with Crippen LogP contribution in [0.5, 0.6) is 0 Å². The van der Waals surface area contributed by atoms with E-state index in [9.17, 15) is 14.4 Å². The number of nitrogens with zero attached hydrogens (tertiary/aromatic N) is 4. The molecule has 4 unspecified atom stereocenters. The van der Waals surface area contributed by atoms with Crippen molar-refractivity contribution in [2.24, 2.45) is 30.7 Å². The first-order chi connectivity index (χ1) is 12.4. The molecular weight excluding hydrogens is 332 g/mol. The van der Waals surface area contributed by atoms with Crippen LogP contribution in [0.1, 0.15) is 25.8 Å². The number of imide groups is 1. The third-order valence-electron chi connectivity index (χ3n) is 5.91. The summed E-state index contributed by atoms with van der Waals surface area (Å²) in [6.45, 7) is 4.12. The zero-order valence-corrected chi connectivity index (χ0v) is 15.3.